The summed E-state index contributed by atoms with van der Waals surface area (Å²) in [6.45, 7) is 2.97. The Morgan fingerprint density at radius 2 is 2.00 bits per heavy atom. The first-order chi connectivity index (χ1) is 6.94. The minimum absolute atomic E-state index is 0.468. The molecule has 5 atom stereocenters. The van der Waals surface area contributed by atoms with Crippen molar-refractivity contribution < 1.29 is 29.5 Å². The lowest BCUT2D eigenvalue weighted by molar-refractivity contribution is -0.227. The van der Waals surface area contributed by atoms with Gasteiger partial charge in [-0.15, -0.1) is 0 Å². The van der Waals surface area contributed by atoms with E-state index in [1.165, 1.54) is 0 Å². The fourth-order valence-corrected chi connectivity index (χ4v) is 1.94. The average Bonchev–Trinajstić information content (AvgIpc) is 2.60. The maximum absolute atomic E-state index is 9.79. The normalized spacial score (nSPS) is 45.4. The molecule has 2 aliphatic heterocycles. The number of hydrogen-bond acceptors (Lipinski definition) is 6. The topological polar surface area (TPSA) is 88.4 Å². The van der Waals surface area contributed by atoms with E-state index in [1.807, 2.05) is 0 Å². The summed E-state index contributed by atoms with van der Waals surface area (Å²) in [7, 11) is 0. The lowest BCUT2D eigenvalue weighted by atomic mass is 10.1. The minimum atomic E-state index is -1.12. The first kappa shape index (κ1) is 11.3. The highest BCUT2D eigenvalue weighted by atomic mass is 16.8. The number of fused-ring (bicyclic) bond motifs is 1. The van der Waals surface area contributed by atoms with Crippen molar-refractivity contribution in [3.05, 3.63) is 0 Å². The van der Waals surface area contributed by atoms with Gasteiger partial charge in [0.2, 0.25) is 0 Å². The molecule has 0 aliphatic carbocycles. The molecule has 2 fully saturated rings. The molecule has 6 heteroatoms. The number of aliphatic hydroxyl groups excluding tert-OH is 3. The Morgan fingerprint density at radius 1 is 1.33 bits per heavy atom. The van der Waals surface area contributed by atoms with Gasteiger partial charge >= 0.3 is 0 Å². The van der Waals surface area contributed by atoms with Crippen LogP contribution in [0, 0.1) is 0 Å². The molecule has 88 valence electrons. The lowest BCUT2D eigenvalue weighted by Crippen LogP contribution is -2.42. The van der Waals surface area contributed by atoms with Crippen molar-refractivity contribution in [3.8, 4) is 0 Å². The molecule has 0 radical (unpaired) electrons. The Kier molecular flexibility index (Phi) is 2.74. The van der Waals surface area contributed by atoms with E-state index in [9.17, 15) is 10.2 Å². The van der Waals surface area contributed by atoms with E-state index in [2.05, 4.69) is 0 Å². The highest BCUT2D eigenvalue weighted by molar-refractivity contribution is 4.95. The lowest BCUT2D eigenvalue weighted by Gasteiger charge is -2.24. The third-order valence-electron chi connectivity index (χ3n) is 2.62. The second-order valence-corrected chi connectivity index (χ2v) is 4.31. The van der Waals surface area contributed by atoms with Gasteiger partial charge in [0.25, 0.3) is 0 Å². The summed E-state index contributed by atoms with van der Waals surface area (Å²) < 4.78 is 16.1. The number of hydrogen-bond donors (Lipinski definition) is 3. The number of aliphatic hydroxyl groups is 3. The van der Waals surface area contributed by atoms with E-state index >= 15 is 0 Å². The smallest absolute Gasteiger partial charge is 0.190 e. The third kappa shape index (κ3) is 1.89. The molecule has 0 bridgehead atoms. The van der Waals surface area contributed by atoms with Crippen LogP contribution in [0.5, 0.6) is 0 Å². The zero-order valence-corrected chi connectivity index (χ0v) is 8.66. The summed E-state index contributed by atoms with van der Waals surface area (Å²) in [5.41, 5.74) is 0. The van der Waals surface area contributed by atoms with Gasteiger partial charge in [-0.3, -0.25) is 0 Å². The Bertz CT molecular complexity index is 243. The van der Waals surface area contributed by atoms with Crippen LogP contribution in [0.1, 0.15) is 13.8 Å². The molecule has 3 N–H and O–H groups in total. The summed E-state index contributed by atoms with van der Waals surface area (Å²) in [6, 6.07) is 0. The van der Waals surface area contributed by atoms with Crippen LogP contribution in [0.2, 0.25) is 0 Å². The highest BCUT2D eigenvalue weighted by Crippen LogP contribution is 2.38. The number of rotatable bonds is 2. The van der Waals surface area contributed by atoms with Crippen LogP contribution in [0.25, 0.3) is 0 Å². The Balaban J connectivity index is 2.05. The third-order valence-corrected chi connectivity index (χ3v) is 2.62. The van der Waals surface area contributed by atoms with Crippen molar-refractivity contribution in [1.29, 1.82) is 0 Å². The average molecular weight is 220 g/mol. The molecule has 15 heavy (non-hydrogen) atoms. The molecule has 0 amide bonds. The van der Waals surface area contributed by atoms with E-state index < -0.39 is 43.1 Å². The van der Waals surface area contributed by atoms with Gasteiger partial charge in [-0.25, -0.2) is 0 Å². The predicted molar refractivity (Wildman–Crippen MR) is 47.8 cm³/mol. The van der Waals surface area contributed by atoms with E-state index in [0.717, 1.165) is 0 Å². The molecule has 6 nitrogen and oxygen atoms in total. The van der Waals surface area contributed by atoms with Crippen molar-refractivity contribution in [1.82, 2.24) is 0 Å². The fourth-order valence-electron chi connectivity index (χ4n) is 1.94. The molecule has 0 saturated carbocycles. The maximum Gasteiger partial charge on any atom is 0.190 e. The zero-order chi connectivity index (χ0) is 11.2. The van der Waals surface area contributed by atoms with Crippen molar-refractivity contribution >= 4 is 0 Å². The van der Waals surface area contributed by atoms with E-state index in [1.54, 1.807) is 13.8 Å². The maximum atomic E-state index is 9.79. The highest BCUT2D eigenvalue weighted by Gasteiger charge is 2.55. The molecule has 0 aromatic carbocycles. The van der Waals surface area contributed by atoms with Gasteiger partial charge in [-0.2, -0.15) is 0 Å². The molecule has 2 saturated heterocycles. The van der Waals surface area contributed by atoms with Crippen LogP contribution in [-0.2, 0) is 14.2 Å². The van der Waals surface area contributed by atoms with Gasteiger partial charge in [0.1, 0.15) is 24.4 Å². The Hall–Kier alpha value is -0.240. The van der Waals surface area contributed by atoms with E-state index in [4.69, 9.17) is 19.3 Å². The summed E-state index contributed by atoms with van der Waals surface area (Å²) in [4.78, 5) is 0. The molecule has 0 spiro atoms. The van der Waals surface area contributed by atoms with Crippen LogP contribution in [0.15, 0.2) is 0 Å². The van der Waals surface area contributed by atoms with Crippen molar-refractivity contribution in [2.24, 2.45) is 0 Å². The first-order valence-electron chi connectivity index (χ1n) is 4.93. The molecule has 3 unspecified atom stereocenters. The van der Waals surface area contributed by atoms with E-state index in [-0.39, 0.29) is 0 Å². The van der Waals surface area contributed by atoms with Gasteiger partial charge in [0.15, 0.2) is 12.1 Å². The summed E-state index contributed by atoms with van der Waals surface area (Å²) in [6.07, 6.45) is -4.26. The van der Waals surface area contributed by atoms with Crippen molar-refractivity contribution in [3.63, 3.8) is 0 Å². The van der Waals surface area contributed by atoms with Gasteiger partial charge in [-0.05, 0) is 13.8 Å². The Labute approximate surface area is 87.4 Å². The SMILES string of the molecule is CC1(C)OC2C(O)[C@@H](C(O)CO)O[C@H]2O1. The van der Waals surface area contributed by atoms with E-state index in [0.29, 0.717) is 0 Å². The molecular formula is C9H16O6. The summed E-state index contributed by atoms with van der Waals surface area (Å²) in [5, 5.41) is 27.9. The second kappa shape index (κ2) is 3.65. The first-order valence-corrected chi connectivity index (χ1v) is 4.93. The largest absolute Gasteiger partial charge is 0.394 e. The number of ether oxygens (including phenoxy) is 3. The van der Waals surface area contributed by atoms with Gasteiger partial charge < -0.3 is 29.5 Å². The van der Waals surface area contributed by atoms with Crippen molar-refractivity contribution in [2.75, 3.05) is 6.61 Å². The van der Waals surface area contributed by atoms with Crippen LogP contribution >= 0.6 is 0 Å². The molecule has 0 aromatic rings. The fraction of sp³-hybridized carbons (Fsp3) is 1.00. The monoisotopic (exact) mass is 220 g/mol. The van der Waals surface area contributed by atoms with Gasteiger partial charge in [-0.1, -0.05) is 0 Å². The molecule has 2 heterocycles. The second-order valence-electron chi connectivity index (χ2n) is 4.31. The van der Waals surface area contributed by atoms with Crippen molar-refractivity contribution in [2.45, 2.75) is 50.3 Å². The molecule has 2 aliphatic rings. The molecular weight excluding hydrogens is 204 g/mol. The molecule has 0 aromatic heterocycles. The summed E-state index contributed by atoms with van der Waals surface area (Å²) in [5.74, 6) is -0.786. The molecule has 2 rings (SSSR count). The quantitative estimate of drug-likeness (QED) is 0.529. The van der Waals surface area contributed by atoms with Gasteiger partial charge in [0, 0.05) is 0 Å². The van der Waals surface area contributed by atoms with Crippen LogP contribution in [0.4, 0.5) is 0 Å². The Morgan fingerprint density at radius 3 is 2.53 bits per heavy atom. The standard InChI is InChI=1S/C9H16O6/c1-9(2)14-7-5(12)6(4(11)3-10)13-8(7)15-9/h4-8,10-12H,3H2,1-2H3/t4?,5?,6-,7?,8+/m1/s1. The van der Waals surface area contributed by atoms with Crippen LogP contribution in [0.3, 0.4) is 0 Å². The summed E-state index contributed by atoms with van der Waals surface area (Å²) >= 11 is 0. The minimum Gasteiger partial charge on any atom is -0.394 e. The van der Waals surface area contributed by atoms with Crippen LogP contribution < -0.4 is 0 Å². The predicted octanol–water partition coefficient (Wildman–Crippen LogP) is -1.42. The zero-order valence-electron chi connectivity index (χ0n) is 8.66. The van der Waals surface area contributed by atoms with Gasteiger partial charge in [0.05, 0.1) is 6.61 Å². The van der Waals surface area contributed by atoms with Crippen LogP contribution in [-0.4, -0.2) is 58.4 Å².